The first-order valence-corrected chi connectivity index (χ1v) is 8.97. The number of aromatic nitrogens is 1. The molecule has 0 saturated carbocycles. The van der Waals surface area contributed by atoms with Crippen molar-refractivity contribution in [2.75, 3.05) is 25.6 Å². The lowest BCUT2D eigenvalue weighted by Crippen LogP contribution is -2.22. The molecular weight excluding hydrogens is 467 g/mol. The summed E-state index contributed by atoms with van der Waals surface area (Å²) in [6.07, 6.45) is 0.859. The molecule has 0 saturated heterocycles. The zero-order valence-electron chi connectivity index (χ0n) is 14.7. The zero-order valence-corrected chi connectivity index (χ0v) is 17.9. The molecule has 2 heterocycles. The van der Waals surface area contributed by atoms with E-state index < -0.39 is 0 Å². The molecule has 0 spiro atoms. The van der Waals surface area contributed by atoms with Gasteiger partial charge in [0.05, 0.1) is 25.5 Å². The number of nitrogens with zero attached hydrogens (tertiary/aromatic N) is 2. The molecule has 1 aliphatic heterocycles. The first-order chi connectivity index (χ1) is 12.2. The van der Waals surface area contributed by atoms with E-state index in [1.807, 2.05) is 30.5 Å². The van der Waals surface area contributed by atoms with E-state index in [9.17, 15) is 0 Å². The molecule has 26 heavy (non-hydrogen) atoms. The molecule has 3 N–H and O–H groups in total. The summed E-state index contributed by atoms with van der Waals surface area (Å²) in [6.45, 7) is 3.69. The summed E-state index contributed by atoms with van der Waals surface area (Å²) in [5, 5.41) is 5.97. The van der Waals surface area contributed by atoms with Gasteiger partial charge in [-0.25, -0.2) is 9.98 Å². The van der Waals surface area contributed by atoms with E-state index in [0.717, 1.165) is 28.6 Å². The molecule has 0 amide bonds. The minimum Gasteiger partial charge on any atom is -0.490 e. The maximum Gasteiger partial charge on any atom is 0.193 e. The van der Waals surface area contributed by atoms with Crippen molar-refractivity contribution in [3.63, 3.8) is 0 Å². The highest BCUT2D eigenvalue weighted by molar-refractivity contribution is 14.0. The molecule has 0 radical (unpaired) electrons. The predicted molar refractivity (Wildman–Crippen MR) is 114 cm³/mol. The van der Waals surface area contributed by atoms with Gasteiger partial charge in [-0.2, -0.15) is 0 Å². The minimum atomic E-state index is -0.0139. The quantitative estimate of drug-likeness (QED) is 0.379. The molecule has 7 nitrogen and oxygen atoms in total. The predicted octanol–water partition coefficient (Wildman–Crippen LogP) is 3.56. The standard InChI is InChI=1S/C17H22N4O3S.HI/c1-11(22-2)16-20-13(10-25-16)9-19-17(18)21-12-4-5-14-15(8-12)24-7-3-6-23-14;/h4-5,8,10-11H,3,6-7,9H2,1-2H3,(H3,18,19,21);1H. The summed E-state index contributed by atoms with van der Waals surface area (Å²) >= 11 is 1.56. The van der Waals surface area contributed by atoms with Gasteiger partial charge >= 0.3 is 0 Å². The summed E-state index contributed by atoms with van der Waals surface area (Å²) in [4.78, 5) is 8.83. The van der Waals surface area contributed by atoms with Gasteiger partial charge in [0.25, 0.3) is 0 Å². The fraction of sp³-hybridized carbons (Fsp3) is 0.412. The van der Waals surface area contributed by atoms with Crippen LogP contribution in [-0.2, 0) is 11.3 Å². The van der Waals surface area contributed by atoms with Crippen molar-refractivity contribution in [3.8, 4) is 11.5 Å². The van der Waals surface area contributed by atoms with Gasteiger partial charge in [-0.05, 0) is 19.1 Å². The molecule has 1 aromatic heterocycles. The van der Waals surface area contributed by atoms with Crippen molar-refractivity contribution in [2.45, 2.75) is 26.0 Å². The molecule has 1 aromatic carbocycles. The summed E-state index contributed by atoms with van der Waals surface area (Å²) in [6, 6.07) is 5.62. The molecule has 1 atom stereocenters. The summed E-state index contributed by atoms with van der Waals surface area (Å²) in [7, 11) is 1.67. The Kier molecular flexibility index (Phi) is 7.91. The Morgan fingerprint density at radius 1 is 1.38 bits per heavy atom. The highest BCUT2D eigenvalue weighted by Gasteiger charge is 2.11. The van der Waals surface area contributed by atoms with Crippen LogP contribution in [0, 0.1) is 0 Å². The van der Waals surface area contributed by atoms with Gasteiger partial charge < -0.3 is 25.3 Å². The third-order valence-electron chi connectivity index (χ3n) is 3.70. The monoisotopic (exact) mass is 490 g/mol. The van der Waals surface area contributed by atoms with Gasteiger partial charge in [0.2, 0.25) is 0 Å². The lowest BCUT2D eigenvalue weighted by Gasteiger charge is -2.10. The second kappa shape index (κ2) is 9.93. The van der Waals surface area contributed by atoms with Gasteiger partial charge in [0, 0.05) is 30.7 Å². The van der Waals surface area contributed by atoms with E-state index in [0.29, 0.717) is 31.5 Å². The summed E-state index contributed by atoms with van der Waals surface area (Å²) in [5.41, 5.74) is 7.64. The number of guanidine groups is 1. The average molecular weight is 490 g/mol. The highest BCUT2D eigenvalue weighted by atomic mass is 127. The number of nitrogens with one attached hydrogen (secondary N) is 1. The first-order valence-electron chi connectivity index (χ1n) is 8.09. The topological polar surface area (TPSA) is 91.0 Å². The maximum atomic E-state index is 5.97. The number of benzene rings is 1. The van der Waals surface area contributed by atoms with E-state index >= 15 is 0 Å². The van der Waals surface area contributed by atoms with E-state index in [-0.39, 0.29) is 30.1 Å². The molecule has 3 rings (SSSR count). The van der Waals surface area contributed by atoms with Crippen molar-refractivity contribution >= 4 is 47.0 Å². The Morgan fingerprint density at radius 3 is 2.92 bits per heavy atom. The Morgan fingerprint density at radius 2 is 2.15 bits per heavy atom. The van der Waals surface area contributed by atoms with Gasteiger partial charge in [-0.15, -0.1) is 35.3 Å². The fourth-order valence-electron chi connectivity index (χ4n) is 2.28. The molecular formula is C17H23IN4O3S. The molecule has 2 aromatic rings. The minimum absolute atomic E-state index is 0. The van der Waals surface area contributed by atoms with Crippen LogP contribution in [-0.4, -0.2) is 31.3 Å². The number of halogens is 1. The number of hydrogen-bond acceptors (Lipinski definition) is 6. The van der Waals surface area contributed by atoms with Crippen molar-refractivity contribution in [1.29, 1.82) is 0 Å². The Bertz CT molecular complexity index is 753. The van der Waals surface area contributed by atoms with Gasteiger partial charge in [0.1, 0.15) is 11.1 Å². The zero-order chi connectivity index (χ0) is 17.6. The molecule has 0 bridgehead atoms. The lowest BCUT2D eigenvalue weighted by molar-refractivity contribution is 0.119. The van der Waals surface area contributed by atoms with Crippen LogP contribution in [0.1, 0.15) is 30.2 Å². The molecule has 1 unspecified atom stereocenters. The van der Waals surface area contributed by atoms with Crippen LogP contribution in [0.4, 0.5) is 5.69 Å². The molecule has 0 aliphatic carbocycles. The van der Waals surface area contributed by atoms with E-state index in [1.165, 1.54) is 0 Å². The number of ether oxygens (including phenoxy) is 3. The lowest BCUT2D eigenvalue weighted by atomic mass is 10.3. The van der Waals surface area contributed by atoms with Gasteiger partial charge in [-0.1, -0.05) is 0 Å². The second-order valence-electron chi connectivity index (χ2n) is 5.59. The average Bonchev–Trinajstić information content (AvgIpc) is 2.97. The number of thiazole rings is 1. The third kappa shape index (κ3) is 5.45. The molecule has 9 heteroatoms. The van der Waals surface area contributed by atoms with Crippen molar-refractivity contribution in [3.05, 3.63) is 34.3 Å². The Labute approximate surface area is 174 Å². The Hall–Kier alpha value is -1.59. The summed E-state index contributed by atoms with van der Waals surface area (Å²) in [5.74, 6) is 1.79. The third-order valence-corrected chi connectivity index (χ3v) is 4.76. The normalized spacial score (nSPS) is 14.9. The van der Waals surface area contributed by atoms with Crippen molar-refractivity contribution in [2.24, 2.45) is 10.7 Å². The van der Waals surface area contributed by atoms with Crippen LogP contribution in [0.15, 0.2) is 28.6 Å². The molecule has 0 fully saturated rings. The number of aliphatic imine (C=N–C) groups is 1. The second-order valence-corrected chi connectivity index (χ2v) is 6.48. The van der Waals surface area contributed by atoms with Crippen LogP contribution >= 0.6 is 35.3 Å². The van der Waals surface area contributed by atoms with Gasteiger partial charge in [0.15, 0.2) is 17.5 Å². The van der Waals surface area contributed by atoms with Crippen molar-refractivity contribution in [1.82, 2.24) is 4.98 Å². The SMILES string of the molecule is COC(C)c1nc(CN=C(N)Nc2ccc3c(c2)OCCCO3)cs1.I. The van der Waals surface area contributed by atoms with Crippen LogP contribution in [0.5, 0.6) is 11.5 Å². The highest BCUT2D eigenvalue weighted by Crippen LogP contribution is 2.32. The number of anilines is 1. The number of fused-ring (bicyclic) bond motifs is 1. The Balaban J connectivity index is 0.00000243. The van der Waals surface area contributed by atoms with Crippen LogP contribution in [0.2, 0.25) is 0 Å². The van der Waals surface area contributed by atoms with Gasteiger partial charge in [-0.3, -0.25) is 0 Å². The largest absolute Gasteiger partial charge is 0.490 e. The fourth-order valence-corrected chi connectivity index (χ4v) is 3.12. The number of hydrogen-bond donors (Lipinski definition) is 2. The number of nitrogens with two attached hydrogens (primary N) is 1. The van der Waals surface area contributed by atoms with Crippen LogP contribution in [0.25, 0.3) is 0 Å². The van der Waals surface area contributed by atoms with Crippen LogP contribution < -0.4 is 20.5 Å². The summed E-state index contributed by atoms with van der Waals surface area (Å²) < 4.78 is 16.5. The number of methoxy groups -OCH3 is 1. The molecule has 142 valence electrons. The van der Waals surface area contributed by atoms with E-state index in [4.69, 9.17) is 19.9 Å². The van der Waals surface area contributed by atoms with E-state index in [2.05, 4.69) is 15.3 Å². The van der Waals surface area contributed by atoms with Crippen LogP contribution in [0.3, 0.4) is 0 Å². The first kappa shape index (κ1) is 20.7. The van der Waals surface area contributed by atoms with E-state index in [1.54, 1.807) is 18.4 Å². The van der Waals surface area contributed by atoms with Crippen molar-refractivity contribution < 1.29 is 14.2 Å². The maximum absolute atomic E-state index is 5.97. The molecule has 1 aliphatic rings. The smallest absolute Gasteiger partial charge is 0.193 e. The number of rotatable bonds is 5.